The minimum absolute atomic E-state index is 0.0881. The first kappa shape index (κ1) is 14.5. The van der Waals surface area contributed by atoms with E-state index in [1.165, 1.54) is 0 Å². The third kappa shape index (κ3) is 3.54. The normalized spacial score (nSPS) is 12.5. The van der Waals surface area contributed by atoms with Crippen LogP contribution in [-0.4, -0.2) is 22.6 Å². The summed E-state index contributed by atoms with van der Waals surface area (Å²) < 4.78 is 0. The fourth-order valence-electron chi connectivity index (χ4n) is 2.26. The lowest BCUT2D eigenvalue weighted by molar-refractivity contribution is -0.137. The molecule has 0 aliphatic heterocycles. The lowest BCUT2D eigenvalue weighted by Gasteiger charge is -2.17. The van der Waals surface area contributed by atoms with E-state index in [4.69, 9.17) is 5.11 Å². The first-order valence-electron chi connectivity index (χ1n) is 6.92. The summed E-state index contributed by atoms with van der Waals surface area (Å²) in [6, 6.07) is 9.79. The third-order valence-corrected chi connectivity index (χ3v) is 3.27. The summed E-state index contributed by atoms with van der Waals surface area (Å²) in [7, 11) is 0. The zero-order valence-corrected chi connectivity index (χ0v) is 11.9. The van der Waals surface area contributed by atoms with Crippen molar-refractivity contribution in [2.75, 3.05) is 6.54 Å². The topological polar surface area (TPSA) is 62.2 Å². The molecule has 1 heterocycles. The number of rotatable bonds is 6. The first-order chi connectivity index (χ1) is 9.60. The number of fused-ring (bicyclic) bond motifs is 1. The number of hydrogen-bond donors (Lipinski definition) is 2. The van der Waals surface area contributed by atoms with Crippen LogP contribution in [0, 0.1) is 6.92 Å². The van der Waals surface area contributed by atoms with Crippen molar-refractivity contribution in [2.24, 2.45) is 0 Å². The predicted octanol–water partition coefficient (Wildman–Crippen LogP) is 3.06. The Bertz CT molecular complexity index is 610. The number of aliphatic carboxylic acids is 1. The second-order valence-corrected chi connectivity index (χ2v) is 5.01. The number of carboxylic acid groups (broad SMARTS) is 1. The first-order valence-corrected chi connectivity index (χ1v) is 6.92. The van der Waals surface area contributed by atoms with Crippen LogP contribution in [0.5, 0.6) is 0 Å². The highest BCUT2D eigenvalue weighted by molar-refractivity contribution is 5.79. The van der Waals surface area contributed by atoms with E-state index in [0.717, 1.165) is 35.1 Å². The number of nitrogens with one attached hydrogen (secondary N) is 1. The van der Waals surface area contributed by atoms with E-state index in [9.17, 15) is 4.79 Å². The van der Waals surface area contributed by atoms with Gasteiger partial charge in [-0.1, -0.05) is 19.1 Å². The summed E-state index contributed by atoms with van der Waals surface area (Å²) in [4.78, 5) is 15.5. The fraction of sp³-hybridized carbons (Fsp3) is 0.375. The molecular weight excluding hydrogens is 252 g/mol. The fourth-order valence-corrected chi connectivity index (χ4v) is 2.26. The number of carbonyl (C=O) groups is 1. The van der Waals surface area contributed by atoms with E-state index < -0.39 is 5.97 Å². The molecule has 0 saturated carbocycles. The largest absolute Gasteiger partial charge is 0.481 e. The van der Waals surface area contributed by atoms with Crippen molar-refractivity contribution < 1.29 is 9.90 Å². The summed E-state index contributed by atoms with van der Waals surface area (Å²) >= 11 is 0. The van der Waals surface area contributed by atoms with Crippen LogP contribution in [0.15, 0.2) is 30.3 Å². The minimum atomic E-state index is -0.791. The summed E-state index contributed by atoms with van der Waals surface area (Å²) in [5.74, 6) is -0.791. The average Bonchev–Trinajstić information content (AvgIpc) is 2.42. The van der Waals surface area contributed by atoms with E-state index in [0.29, 0.717) is 0 Å². The molecule has 1 aromatic carbocycles. The van der Waals surface area contributed by atoms with E-state index in [1.807, 2.05) is 37.3 Å². The summed E-state index contributed by atoms with van der Waals surface area (Å²) in [5.41, 5.74) is 2.92. The predicted molar refractivity (Wildman–Crippen MR) is 79.8 cm³/mol. The van der Waals surface area contributed by atoms with Gasteiger partial charge in [0, 0.05) is 17.1 Å². The molecule has 0 fully saturated rings. The van der Waals surface area contributed by atoms with E-state index in [-0.39, 0.29) is 12.5 Å². The van der Waals surface area contributed by atoms with Crippen molar-refractivity contribution in [3.05, 3.63) is 41.6 Å². The number of aromatic nitrogens is 1. The van der Waals surface area contributed by atoms with Crippen molar-refractivity contribution in [2.45, 2.75) is 32.7 Å². The van der Waals surface area contributed by atoms with E-state index >= 15 is 0 Å². The summed E-state index contributed by atoms with van der Waals surface area (Å²) in [6.07, 6.45) is 1.06. The van der Waals surface area contributed by atoms with Crippen LogP contribution >= 0.6 is 0 Å². The molecule has 0 aliphatic carbocycles. The molecule has 0 amide bonds. The van der Waals surface area contributed by atoms with Gasteiger partial charge in [-0.15, -0.1) is 0 Å². The molecule has 106 valence electrons. The van der Waals surface area contributed by atoms with Crippen LogP contribution < -0.4 is 5.32 Å². The smallest absolute Gasteiger partial charge is 0.305 e. The molecule has 2 N–H and O–H groups in total. The molecule has 1 aromatic heterocycles. The molecule has 0 saturated heterocycles. The van der Waals surface area contributed by atoms with Gasteiger partial charge in [0.15, 0.2) is 0 Å². The molecule has 0 spiro atoms. The Labute approximate surface area is 118 Å². The van der Waals surface area contributed by atoms with Gasteiger partial charge in [0.05, 0.1) is 11.9 Å². The lowest BCUT2D eigenvalue weighted by Crippen LogP contribution is -2.24. The van der Waals surface area contributed by atoms with Gasteiger partial charge >= 0.3 is 5.97 Å². The number of carboxylic acids is 1. The Hall–Kier alpha value is -1.94. The van der Waals surface area contributed by atoms with Gasteiger partial charge in [0.1, 0.15) is 0 Å². The molecule has 20 heavy (non-hydrogen) atoms. The molecule has 1 atom stereocenters. The number of aryl methyl sites for hydroxylation is 1. The molecule has 0 radical (unpaired) electrons. The molecule has 0 aliphatic rings. The van der Waals surface area contributed by atoms with Gasteiger partial charge in [-0.3, -0.25) is 9.78 Å². The van der Waals surface area contributed by atoms with Gasteiger partial charge in [0.25, 0.3) is 0 Å². The number of nitrogens with zero attached hydrogens (tertiary/aromatic N) is 1. The number of pyridine rings is 1. The Morgan fingerprint density at radius 3 is 2.85 bits per heavy atom. The van der Waals surface area contributed by atoms with Crippen LogP contribution in [0.3, 0.4) is 0 Å². The SMILES string of the molecule is CCCNC(CC(=O)O)c1ccc2nc(C)ccc2c1. The van der Waals surface area contributed by atoms with Gasteiger partial charge in [0.2, 0.25) is 0 Å². The van der Waals surface area contributed by atoms with Crippen molar-refractivity contribution in [1.29, 1.82) is 0 Å². The summed E-state index contributed by atoms with van der Waals surface area (Å²) in [5, 5.41) is 13.4. The molecule has 0 bridgehead atoms. The Balaban J connectivity index is 2.32. The van der Waals surface area contributed by atoms with Crippen molar-refractivity contribution in [1.82, 2.24) is 10.3 Å². The monoisotopic (exact) mass is 272 g/mol. The van der Waals surface area contributed by atoms with Crippen molar-refractivity contribution in [3.8, 4) is 0 Å². The maximum atomic E-state index is 11.0. The Morgan fingerprint density at radius 1 is 1.35 bits per heavy atom. The van der Waals surface area contributed by atoms with Crippen LogP contribution in [0.4, 0.5) is 0 Å². The zero-order chi connectivity index (χ0) is 14.5. The summed E-state index contributed by atoms with van der Waals surface area (Å²) in [6.45, 7) is 4.84. The molecule has 4 nitrogen and oxygen atoms in total. The highest BCUT2D eigenvalue weighted by Crippen LogP contribution is 2.22. The standard InChI is InChI=1S/C16H20N2O2/c1-3-8-17-15(10-16(19)20)13-6-7-14-12(9-13)5-4-11(2)18-14/h4-7,9,15,17H,3,8,10H2,1-2H3,(H,19,20). The van der Waals surface area contributed by atoms with Crippen LogP contribution in [0.25, 0.3) is 10.9 Å². The maximum Gasteiger partial charge on any atom is 0.305 e. The van der Waals surface area contributed by atoms with Crippen LogP contribution in [-0.2, 0) is 4.79 Å². The van der Waals surface area contributed by atoms with E-state index in [1.54, 1.807) is 0 Å². The van der Waals surface area contributed by atoms with Crippen LogP contribution in [0.1, 0.15) is 37.1 Å². The molecule has 1 unspecified atom stereocenters. The number of benzene rings is 1. The quantitative estimate of drug-likeness (QED) is 0.848. The molecule has 4 heteroatoms. The number of hydrogen-bond acceptors (Lipinski definition) is 3. The molecule has 2 aromatic rings. The van der Waals surface area contributed by atoms with Gasteiger partial charge in [-0.05, 0) is 43.7 Å². The second kappa shape index (κ2) is 6.48. The average molecular weight is 272 g/mol. The lowest BCUT2D eigenvalue weighted by atomic mass is 10.0. The van der Waals surface area contributed by atoms with E-state index in [2.05, 4.69) is 17.2 Å². The molecule has 2 rings (SSSR count). The van der Waals surface area contributed by atoms with Gasteiger partial charge in [-0.2, -0.15) is 0 Å². The third-order valence-electron chi connectivity index (χ3n) is 3.27. The zero-order valence-electron chi connectivity index (χ0n) is 11.9. The van der Waals surface area contributed by atoms with Crippen LogP contribution in [0.2, 0.25) is 0 Å². The van der Waals surface area contributed by atoms with Gasteiger partial charge in [-0.25, -0.2) is 0 Å². The second-order valence-electron chi connectivity index (χ2n) is 5.01. The Kier molecular flexibility index (Phi) is 4.69. The Morgan fingerprint density at radius 2 is 2.15 bits per heavy atom. The van der Waals surface area contributed by atoms with Crippen molar-refractivity contribution >= 4 is 16.9 Å². The van der Waals surface area contributed by atoms with Gasteiger partial charge < -0.3 is 10.4 Å². The highest BCUT2D eigenvalue weighted by Gasteiger charge is 2.15. The maximum absolute atomic E-state index is 11.0. The minimum Gasteiger partial charge on any atom is -0.481 e. The van der Waals surface area contributed by atoms with Crippen molar-refractivity contribution in [3.63, 3.8) is 0 Å². The highest BCUT2D eigenvalue weighted by atomic mass is 16.4. The molecular formula is C16H20N2O2.